The second kappa shape index (κ2) is 25.0. The van der Waals surface area contributed by atoms with Crippen molar-refractivity contribution < 1.29 is 55.4 Å². The van der Waals surface area contributed by atoms with Gasteiger partial charge in [-0.2, -0.15) is 0 Å². The van der Waals surface area contributed by atoms with E-state index in [0.717, 1.165) is 25.7 Å². The monoisotopic (exact) mass is 819 g/mol. The zero-order chi connectivity index (χ0) is 41.9. The highest BCUT2D eigenvalue weighted by atomic mass is 31.2. The summed E-state index contributed by atoms with van der Waals surface area (Å²) in [5.41, 5.74) is -2.45. The fourth-order valence-corrected chi connectivity index (χ4v) is 8.37. The maximum absolute atomic E-state index is 12.6. The van der Waals surface area contributed by atoms with E-state index in [1.54, 1.807) is 13.8 Å². The second-order valence-electron chi connectivity index (χ2n) is 17.6. The molecule has 0 aliphatic heterocycles. The van der Waals surface area contributed by atoms with E-state index in [9.17, 15) is 4.57 Å². The minimum Gasteiger partial charge on any atom is -0.375 e. The zero-order valence-electron chi connectivity index (χ0n) is 37.8. The molecule has 0 radical (unpaired) electrons. The predicted octanol–water partition coefficient (Wildman–Crippen LogP) is 11.4. The van der Waals surface area contributed by atoms with Gasteiger partial charge in [0, 0.05) is 12.8 Å². The topological polar surface area (TPSA) is 119 Å². The summed E-state index contributed by atoms with van der Waals surface area (Å²) >= 11 is 0. The van der Waals surface area contributed by atoms with Crippen molar-refractivity contribution in [3.8, 4) is 0 Å². The van der Waals surface area contributed by atoms with Crippen LogP contribution in [0.15, 0.2) is 0 Å². The third kappa shape index (κ3) is 27.0. The van der Waals surface area contributed by atoms with Gasteiger partial charge < -0.3 is 37.3 Å². The van der Waals surface area contributed by atoms with Crippen LogP contribution < -0.4 is 0 Å². The fraction of sp³-hybridized carbons (Fsp3) is 1.00. The van der Waals surface area contributed by atoms with Gasteiger partial charge in [0.2, 0.25) is 0 Å². The molecule has 0 aromatic heterocycles. The van der Waals surface area contributed by atoms with Crippen LogP contribution in [-0.2, 0) is 55.4 Å². The summed E-state index contributed by atoms with van der Waals surface area (Å²) in [5.74, 6) is 0. The smallest absolute Gasteiger partial charge is 0.375 e. The van der Waals surface area contributed by atoms with E-state index in [1.807, 2.05) is 27.7 Å². The van der Waals surface area contributed by atoms with Crippen LogP contribution in [0.2, 0.25) is 0 Å². The highest BCUT2D eigenvalue weighted by Gasteiger charge is 2.35. The molecule has 54 heavy (non-hydrogen) atoms. The Morgan fingerprint density at radius 1 is 0.463 bits per heavy atom. The molecule has 12 nitrogen and oxygen atoms in total. The number of rotatable bonds is 34. The Balaban J connectivity index is 4.79. The standard InChI is InChI=1S/C40H84O12P2/c1-19-44-53(45-20-2)46-29-25-35(7,8)42-27-23-37(11,12)50-33(5)31-39(15,16)51-34(6)32-40(17,18)52-38(13,14)24-28-43-36(9,10)26-30-49-54(41,47-21-3)48-22-4/h33-34H,19-32H2,1-18H3. The van der Waals surface area contributed by atoms with Gasteiger partial charge in [-0.05, 0) is 150 Å². The Kier molecular flexibility index (Phi) is 25.1. The van der Waals surface area contributed by atoms with E-state index >= 15 is 0 Å². The Labute approximate surface area is 333 Å². The van der Waals surface area contributed by atoms with Gasteiger partial charge in [0.15, 0.2) is 0 Å². The quantitative estimate of drug-likeness (QED) is 0.0575. The van der Waals surface area contributed by atoms with Gasteiger partial charge in [-0.3, -0.25) is 13.6 Å². The molecule has 0 bridgehead atoms. The molecule has 0 N–H and O–H groups in total. The summed E-state index contributed by atoms with van der Waals surface area (Å²) < 4.78 is 77.7. The molecule has 0 aromatic rings. The maximum atomic E-state index is 12.6. The normalized spacial score (nSPS) is 15.3. The number of phosphoric acid groups is 1. The van der Waals surface area contributed by atoms with Crippen LogP contribution in [0, 0.1) is 0 Å². The van der Waals surface area contributed by atoms with Crippen molar-refractivity contribution in [3.05, 3.63) is 0 Å². The summed E-state index contributed by atoms with van der Waals surface area (Å²) in [6.45, 7) is 40.0. The van der Waals surface area contributed by atoms with Crippen molar-refractivity contribution in [1.82, 2.24) is 0 Å². The predicted molar refractivity (Wildman–Crippen MR) is 219 cm³/mol. The van der Waals surface area contributed by atoms with E-state index < -0.39 is 38.8 Å². The van der Waals surface area contributed by atoms with E-state index in [1.165, 1.54) is 0 Å². The van der Waals surface area contributed by atoms with Crippen molar-refractivity contribution in [2.75, 3.05) is 52.9 Å². The Bertz CT molecular complexity index is 1020. The van der Waals surface area contributed by atoms with Crippen LogP contribution in [0.1, 0.15) is 163 Å². The minimum atomic E-state index is -3.54. The van der Waals surface area contributed by atoms with Crippen molar-refractivity contribution in [2.45, 2.75) is 209 Å². The molecule has 2 atom stereocenters. The van der Waals surface area contributed by atoms with Crippen LogP contribution in [0.5, 0.6) is 0 Å². The molecule has 0 saturated carbocycles. The molecular weight excluding hydrogens is 734 g/mol. The summed E-state index contributed by atoms with van der Waals surface area (Å²) in [7, 11) is -4.85. The Hall–Kier alpha value is 0.220. The molecule has 0 amide bonds. The maximum Gasteiger partial charge on any atom is 0.474 e. The lowest BCUT2D eigenvalue weighted by Gasteiger charge is -2.40. The van der Waals surface area contributed by atoms with E-state index in [2.05, 4.69) is 83.1 Å². The lowest BCUT2D eigenvalue weighted by molar-refractivity contribution is -0.172. The molecule has 0 aromatic carbocycles. The number of ether oxygens (including phenoxy) is 5. The third-order valence-electron chi connectivity index (χ3n) is 8.44. The molecule has 2 unspecified atom stereocenters. The molecule has 14 heteroatoms. The fourth-order valence-electron chi connectivity index (χ4n) is 6.32. The molecule has 0 fully saturated rings. The van der Waals surface area contributed by atoms with Gasteiger partial charge in [-0.25, -0.2) is 4.57 Å². The van der Waals surface area contributed by atoms with Crippen molar-refractivity contribution in [1.29, 1.82) is 0 Å². The van der Waals surface area contributed by atoms with Crippen LogP contribution in [-0.4, -0.2) is 98.7 Å². The highest BCUT2D eigenvalue weighted by Crippen LogP contribution is 2.49. The van der Waals surface area contributed by atoms with Crippen LogP contribution >= 0.6 is 16.4 Å². The molecule has 0 rings (SSSR count). The van der Waals surface area contributed by atoms with Crippen molar-refractivity contribution in [3.63, 3.8) is 0 Å². The van der Waals surface area contributed by atoms with Crippen LogP contribution in [0.3, 0.4) is 0 Å². The zero-order valence-corrected chi connectivity index (χ0v) is 39.6. The number of hydrogen-bond acceptors (Lipinski definition) is 12. The van der Waals surface area contributed by atoms with Crippen molar-refractivity contribution in [2.24, 2.45) is 0 Å². The number of hydrogen-bond donors (Lipinski definition) is 0. The third-order valence-corrected chi connectivity index (χ3v) is 11.4. The van der Waals surface area contributed by atoms with Gasteiger partial charge in [-0.15, -0.1) is 0 Å². The summed E-state index contributed by atoms with van der Waals surface area (Å²) in [5, 5.41) is 0. The summed E-state index contributed by atoms with van der Waals surface area (Å²) in [6, 6.07) is 0. The van der Waals surface area contributed by atoms with Gasteiger partial charge in [0.1, 0.15) is 0 Å². The molecule has 0 heterocycles. The SMILES string of the molecule is CCOP(OCC)OCCC(C)(C)OCCC(C)(C)OC(C)CC(C)(C)OC(C)CC(C)(C)OC(C)(C)CCOC(C)(C)CCOP(=O)(OCC)OCC. The Morgan fingerprint density at radius 3 is 1.33 bits per heavy atom. The van der Waals surface area contributed by atoms with Crippen molar-refractivity contribution >= 4 is 16.4 Å². The first-order valence-corrected chi connectivity index (χ1v) is 22.8. The first-order chi connectivity index (χ1) is 24.6. The average molecular weight is 819 g/mol. The molecule has 0 saturated heterocycles. The minimum absolute atomic E-state index is 0.0159. The van der Waals surface area contributed by atoms with Gasteiger partial charge in [0.05, 0.1) is 98.7 Å². The van der Waals surface area contributed by atoms with E-state index in [-0.39, 0.29) is 43.2 Å². The van der Waals surface area contributed by atoms with Crippen LogP contribution in [0.4, 0.5) is 0 Å². The first kappa shape index (κ1) is 54.2. The van der Waals surface area contributed by atoms with Gasteiger partial charge in [0.25, 0.3) is 0 Å². The Morgan fingerprint density at radius 2 is 0.870 bits per heavy atom. The second-order valence-corrected chi connectivity index (χ2v) is 20.5. The molecule has 326 valence electrons. The largest absolute Gasteiger partial charge is 0.474 e. The highest BCUT2D eigenvalue weighted by molar-refractivity contribution is 7.48. The average Bonchev–Trinajstić information content (AvgIpc) is 2.94. The lowest BCUT2D eigenvalue weighted by Crippen LogP contribution is -2.43. The van der Waals surface area contributed by atoms with Gasteiger partial charge >= 0.3 is 16.4 Å². The molecule has 0 aliphatic rings. The molecule has 0 spiro atoms. The first-order valence-electron chi connectivity index (χ1n) is 20.2. The number of phosphoric ester groups is 1. The van der Waals surface area contributed by atoms with E-state index in [4.69, 9.17) is 50.8 Å². The van der Waals surface area contributed by atoms with Crippen LogP contribution in [0.25, 0.3) is 0 Å². The summed E-state index contributed by atoms with van der Waals surface area (Å²) in [6.07, 6.45) is 4.13. The molecule has 0 aliphatic carbocycles. The molecular formula is C40H84O12P2. The summed E-state index contributed by atoms with van der Waals surface area (Å²) in [4.78, 5) is 0. The van der Waals surface area contributed by atoms with E-state index in [0.29, 0.717) is 45.9 Å². The van der Waals surface area contributed by atoms with Gasteiger partial charge in [-0.1, -0.05) is 0 Å². The lowest BCUT2D eigenvalue weighted by atomic mass is 9.96.